The second-order valence-electron chi connectivity index (χ2n) is 4.13. The minimum absolute atomic E-state index is 0.768. The molecule has 0 fully saturated rings. The van der Waals surface area contributed by atoms with Crippen molar-refractivity contribution in [3.05, 3.63) is 0 Å². The van der Waals surface area contributed by atoms with Crippen LogP contribution in [0.4, 0.5) is 0 Å². The number of rotatable bonds is 8. The fourth-order valence-electron chi connectivity index (χ4n) is 1.68. The van der Waals surface area contributed by atoms with E-state index >= 15 is 0 Å². The van der Waals surface area contributed by atoms with E-state index in [1.165, 1.54) is 32.1 Å². The van der Waals surface area contributed by atoms with Gasteiger partial charge in [0.1, 0.15) is 0 Å². The second kappa shape index (κ2) is 8.55. The summed E-state index contributed by atoms with van der Waals surface area (Å²) in [5.74, 6) is 0.901. The van der Waals surface area contributed by atoms with E-state index in [0.29, 0.717) is 0 Å². The lowest BCUT2D eigenvalue weighted by molar-refractivity contribution is 0.397. The lowest BCUT2D eigenvalue weighted by Crippen LogP contribution is -2.29. The van der Waals surface area contributed by atoms with Gasteiger partial charge in [0.25, 0.3) is 0 Å². The fourth-order valence-corrected chi connectivity index (χ4v) is 1.68. The molecular formula is C12H27N. The van der Waals surface area contributed by atoms with Crippen molar-refractivity contribution in [2.75, 3.05) is 6.54 Å². The van der Waals surface area contributed by atoms with Crippen molar-refractivity contribution in [3.8, 4) is 0 Å². The first-order valence-corrected chi connectivity index (χ1v) is 5.97. The molecule has 80 valence electrons. The molecule has 0 aliphatic rings. The molecule has 0 aromatic rings. The molecule has 2 atom stereocenters. The van der Waals surface area contributed by atoms with Gasteiger partial charge in [0.05, 0.1) is 0 Å². The minimum atomic E-state index is 0.768. The molecule has 0 saturated heterocycles. The zero-order chi connectivity index (χ0) is 10.1. The van der Waals surface area contributed by atoms with Crippen LogP contribution in [0.3, 0.4) is 0 Å². The molecule has 0 rings (SSSR count). The quantitative estimate of drug-likeness (QED) is 0.609. The molecule has 0 saturated carbocycles. The summed E-state index contributed by atoms with van der Waals surface area (Å²) in [6.07, 6.45) is 6.71. The Morgan fingerprint density at radius 1 is 1.00 bits per heavy atom. The minimum Gasteiger partial charge on any atom is -0.314 e. The van der Waals surface area contributed by atoms with Crippen LogP contribution in [0.15, 0.2) is 0 Å². The highest BCUT2D eigenvalue weighted by molar-refractivity contribution is 4.66. The van der Waals surface area contributed by atoms with Gasteiger partial charge >= 0.3 is 0 Å². The van der Waals surface area contributed by atoms with Crippen LogP contribution in [-0.4, -0.2) is 12.6 Å². The monoisotopic (exact) mass is 185 g/mol. The van der Waals surface area contributed by atoms with Gasteiger partial charge in [0.15, 0.2) is 0 Å². The molecule has 1 N–H and O–H groups in total. The van der Waals surface area contributed by atoms with Crippen molar-refractivity contribution in [1.29, 1.82) is 0 Å². The van der Waals surface area contributed by atoms with E-state index < -0.39 is 0 Å². The van der Waals surface area contributed by atoms with Gasteiger partial charge in [-0.15, -0.1) is 0 Å². The van der Waals surface area contributed by atoms with Gasteiger partial charge in [0, 0.05) is 6.04 Å². The molecule has 0 aromatic carbocycles. The predicted molar refractivity (Wildman–Crippen MR) is 61.1 cm³/mol. The molecule has 0 heterocycles. The van der Waals surface area contributed by atoms with Gasteiger partial charge in [-0.1, -0.05) is 40.5 Å². The van der Waals surface area contributed by atoms with Crippen LogP contribution in [0.2, 0.25) is 0 Å². The molecule has 0 amide bonds. The van der Waals surface area contributed by atoms with E-state index in [-0.39, 0.29) is 0 Å². The van der Waals surface area contributed by atoms with Gasteiger partial charge < -0.3 is 5.32 Å². The predicted octanol–water partition coefficient (Wildman–Crippen LogP) is 3.59. The van der Waals surface area contributed by atoms with Crippen LogP contribution < -0.4 is 5.32 Å². The van der Waals surface area contributed by atoms with Crippen LogP contribution in [0.25, 0.3) is 0 Å². The Kier molecular flexibility index (Phi) is 8.53. The maximum Gasteiger partial charge on any atom is 0.00669 e. The average Bonchev–Trinajstić information content (AvgIpc) is 2.14. The Balaban J connectivity index is 3.55. The molecule has 1 heteroatoms. The van der Waals surface area contributed by atoms with E-state index in [4.69, 9.17) is 0 Å². The summed E-state index contributed by atoms with van der Waals surface area (Å²) in [7, 11) is 0. The molecule has 0 aliphatic heterocycles. The Morgan fingerprint density at radius 3 is 2.15 bits per heavy atom. The molecule has 0 aromatic heterocycles. The topological polar surface area (TPSA) is 12.0 Å². The summed E-state index contributed by atoms with van der Waals surface area (Å²) in [5.41, 5.74) is 0. The van der Waals surface area contributed by atoms with Gasteiger partial charge in [-0.2, -0.15) is 0 Å². The molecule has 0 bridgehead atoms. The average molecular weight is 185 g/mol. The highest BCUT2D eigenvalue weighted by Gasteiger charge is 2.07. The maximum absolute atomic E-state index is 3.56. The summed E-state index contributed by atoms with van der Waals surface area (Å²) >= 11 is 0. The SMILES string of the molecule is CCCC(CCC(C)CC)NCC. The third kappa shape index (κ3) is 7.06. The first-order chi connectivity index (χ1) is 6.24. The van der Waals surface area contributed by atoms with Gasteiger partial charge in [-0.25, -0.2) is 0 Å². The molecule has 1 nitrogen and oxygen atoms in total. The van der Waals surface area contributed by atoms with E-state index in [0.717, 1.165) is 18.5 Å². The largest absolute Gasteiger partial charge is 0.314 e. The van der Waals surface area contributed by atoms with Crippen molar-refractivity contribution >= 4 is 0 Å². The Labute approximate surface area is 84.3 Å². The number of hydrogen-bond acceptors (Lipinski definition) is 1. The highest BCUT2D eigenvalue weighted by Crippen LogP contribution is 2.13. The van der Waals surface area contributed by atoms with E-state index in [1.54, 1.807) is 0 Å². The lowest BCUT2D eigenvalue weighted by Gasteiger charge is -2.18. The van der Waals surface area contributed by atoms with E-state index in [9.17, 15) is 0 Å². The zero-order valence-electron chi connectivity index (χ0n) is 9.90. The summed E-state index contributed by atoms with van der Waals surface area (Å²) in [5, 5.41) is 3.56. The van der Waals surface area contributed by atoms with Crippen molar-refractivity contribution in [3.63, 3.8) is 0 Å². The van der Waals surface area contributed by atoms with E-state index in [1.807, 2.05) is 0 Å². The van der Waals surface area contributed by atoms with Crippen LogP contribution in [0, 0.1) is 5.92 Å². The van der Waals surface area contributed by atoms with Crippen molar-refractivity contribution < 1.29 is 0 Å². The standard InChI is InChI=1S/C12H27N/c1-5-8-12(13-7-3)10-9-11(4)6-2/h11-13H,5-10H2,1-4H3. The molecule has 2 unspecified atom stereocenters. The summed E-state index contributed by atoms with van der Waals surface area (Å²) in [6.45, 7) is 10.2. The van der Waals surface area contributed by atoms with E-state index in [2.05, 4.69) is 33.0 Å². The molecule has 0 radical (unpaired) electrons. The lowest BCUT2D eigenvalue weighted by atomic mass is 9.97. The summed E-state index contributed by atoms with van der Waals surface area (Å²) in [6, 6.07) is 0.768. The van der Waals surface area contributed by atoms with Crippen LogP contribution >= 0.6 is 0 Å². The van der Waals surface area contributed by atoms with Crippen LogP contribution in [0.5, 0.6) is 0 Å². The molecule has 13 heavy (non-hydrogen) atoms. The zero-order valence-corrected chi connectivity index (χ0v) is 9.90. The van der Waals surface area contributed by atoms with Crippen LogP contribution in [0.1, 0.15) is 59.8 Å². The third-order valence-corrected chi connectivity index (χ3v) is 2.83. The van der Waals surface area contributed by atoms with Gasteiger partial charge in [-0.3, -0.25) is 0 Å². The molecule has 0 spiro atoms. The van der Waals surface area contributed by atoms with Gasteiger partial charge in [0.2, 0.25) is 0 Å². The first-order valence-electron chi connectivity index (χ1n) is 5.97. The fraction of sp³-hybridized carbons (Fsp3) is 1.00. The Bertz CT molecular complexity index is 95.3. The smallest absolute Gasteiger partial charge is 0.00669 e. The van der Waals surface area contributed by atoms with Crippen molar-refractivity contribution in [1.82, 2.24) is 5.32 Å². The van der Waals surface area contributed by atoms with Crippen molar-refractivity contribution in [2.24, 2.45) is 5.92 Å². The Morgan fingerprint density at radius 2 is 1.69 bits per heavy atom. The summed E-state index contributed by atoms with van der Waals surface area (Å²) in [4.78, 5) is 0. The maximum atomic E-state index is 3.56. The van der Waals surface area contributed by atoms with Crippen LogP contribution in [-0.2, 0) is 0 Å². The molecule has 0 aliphatic carbocycles. The number of nitrogens with one attached hydrogen (secondary N) is 1. The number of hydrogen-bond donors (Lipinski definition) is 1. The summed E-state index contributed by atoms with van der Waals surface area (Å²) < 4.78 is 0. The molecular weight excluding hydrogens is 158 g/mol. The first kappa shape index (κ1) is 13.0. The van der Waals surface area contributed by atoms with Crippen molar-refractivity contribution in [2.45, 2.75) is 65.8 Å². The Hall–Kier alpha value is -0.0400. The highest BCUT2D eigenvalue weighted by atomic mass is 14.9. The third-order valence-electron chi connectivity index (χ3n) is 2.83. The van der Waals surface area contributed by atoms with Gasteiger partial charge in [-0.05, 0) is 31.7 Å². The second-order valence-corrected chi connectivity index (χ2v) is 4.13. The normalized spacial score (nSPS) is 15.7.